The van der Waals surface area contributed by atoms with Crippen LogP contribution in [0.15, 0.2) is 0 Å². The number of rotatable bonds is 4. The molecule has 30 heavy (non-hydrogen) atoms. The van der Waals surface area contributed by atoms with Crippen molar-refractivity contribution in [3.8, 4) is 0 Å². The van der Waals surface area contributed by atoms with Gasteiger partial charge in [0.2, 0.25) is 0 Å². The zero-order valence-electron chi connectivity index (χ0n) is 19.5. The minimum absolute atomic E-state index is 0.168. The van der Waals surface area contributed by atoms with E-state index in [9.17, 15) is 9.59 Å². The second-order valence-corrected chi connectivity index (χ2v) is 9.92. The van der Waals surface area contributed by atoms with E-state index in [0.717, 1.165) is 19.3 Å². The Balaban J connectivity index is 1.98. The number of nitrogens with zero attached hydrogens (tertiary/aromatic N) is 2. The van der Waals surface area contributed by atoms with Crippen molar-refractivity contribution in [3.63, 3.8) is 0 Å². The number of methoxy groups -OCH3 is 2. The van der Waals surface area contributed by atoms with Crippen LogP contribution in [-0.2, 0) is 23.7 Å². The molecule has 0 aromatic rings. The molecule has 4 atom stereocenters. The highest BCUT2D eigenvalue weighted by Crippen LogP contribution is 2.59. The van der Waals surface area contributed by atoms with E-state index in [2.05, 4.69) is 4.90 Å². The van der Waals surface area contributed by atoms with Crippen molar-refractivity contribution >= 4 is 12.1 Å². The zero-order valence-corrected chi connectivity index (χ0v) is 19.5. The van der Waals surface area contributed by atoms with Crippen molar-refractivity contribution in [2.24, 2.45) is 11.3 Å². The molecule has 1 spiro atoms. The van der Waals surface area contributed by atoms with E-state index in [-0.39, 0.29) is 29.6 Å². The number of likely N-dealkylation sites (N-methyl/N-ethyl adjacent to an activating group) is 1. The molecule has 3 rings (SSSR count). The molecule has 0 radical (unpaired) electrons. The molecule has 3 fully saturated rings. The molecular formula is C22H38N2O6. The Morgan fingerprint density at radius 3 is 2.37 bits per heavy atom. The number of esters is 1. The number of carbonyl (C=O) groups is 2. The maximum Gasteiger partial charge on any atom is 0.410 e. The van der Waals surface area contributed by atoms with Crippen molar-refractivity contribution in [1.82, 2.24) is 9.80 Å². The summed E-state index contributed by atoms with van der Waals surface area (Å²) < 4.78 is 23.0. The summed E-state index contributed by atoms with van der Waals surface area (Å²) in [7, 11) is 5.28. The molecule has 0 bridgehead atoms. The van der Waals surface area contributed by atoms with Gasteiger partial charge >= 0.3 is 12.1 Å². The molecule has 8 heteroatoms. The van der Waals surface area contributed by atoms with E-state index in [0.29, 0.717) is 32.0 Å². The van der Waals surface area contributed by atoms with E-state index in [1.165, 1.54) is 0 Å². The number of ether oxygens (including phenoxy) is 4. The van der Waals surface area contributed by atoms with Crippen LogP contribution in [0.1, 0.15) is 53.4 Å². The fraction of sp³-hybridized carbons (Fsp3) is 0.909. The van der Waals surface area contributed by atoms with Gasteiger partial charge < -0.3 is 23.8 Å². The summed E-state index contributed by atoms with van der Waals surface area (Å²) in [4.78, 5) is 29.6. The van der Waals surface area contributed by atoms with Gasteiger partial charge in [-0.05, 0) is 59.9 Å². The Labute approximate surface area is 180 Å². The highest BCUT2D eigenvalue weighted by atomic mass is 16.7. The van der Waals surface area contributed by atoms with E-state index in [1.54, 1.807) is 19.1 Å². The van der Waals surface area contributed by atoms with E-state index in [1.807, 2.05) is 34.7 Å². The van der Waals surface area contributed by atoms with Gasteiger partial charge in [-0.25, -0.2) is 4.79 Å². The van der Waals surface area contributed by atoms with E-state index < -0.39 is 11.4 Å². The maximum atomic E-state index is 12.9. The predicted molar refractivity (Wildman–Crippen MR) is 111 cm³/mol. The lowest BCUT2D eigenvalue weighted by molar-refractivity contribution is -0.284. The highest BCUT2D eigenvalue weighted by molar-refractivity contribution is 5.76. The number of piperidine rings is 1. The summed E-state index contributed by atoms with van der Waals surface area (Å²) in [5.74, 6) is -0.678. The minimum atomic E-state index is -0.830. The largest absolute Gasteiger partial charge is 0.465 e. The molecule has 0 aromatic carbocycles. The molecule has 0 aromatic heterocycles. The first-order valence-electron chi connectivity index (χ1n) is 11.0. The van der Waals surface area contributed by atoms with Crippen molar-refractivity contribution in [2.45, 2.75) is 76.9 Å². The molecule has 8 nitrogen and oxygen atoms in total. The van der Waals surface area contributed by atoms with Gasteiger partial charge in [0.05, 0.1) is 12.6 Å². The lowest BCUT2D eigenvalue weighted by atomic mass is 9.58. The number of carbonyl (C=O) groups excluding carboxylic acids is 2. The zero-order chi connectivity index (χ0) is 22.3. The van der Waals surface area contributed by atoms with Gasteiger partial charge in [0.25, 0.3) is 0 Å². The second kappa shape index (κ2) is 8.28. The molecule has 172 valence electrons. The summed E-state index contributed by atoms with van der Waals surface area (Å²) in [5, 5.41) is 0. The van der Waals surface area contributed by atoms with Crippen LogP contribution in [-0.4, -0.2) is 86.3 Å². The summed E-state index contributed by atoms with van der Waals surface area (Å²) >= 11 is 0. The molecule has 0 unspecified atom stereocenters. The van der Waals surface area contributed by atoms with Crippen LogP contribution in [0.25, 0.3) is 0 Å². The quantitative estimate of drug-likeness (QED) is 0.505. The van der Waals surface area contributed by atoms with Crippen LogP contribution < -0.4 is 0 Å². The summed E-state index contributed by atoms with van der Waals surface area (Å²) in [6.45, 7) is 8.97. The molecule has 1 aliphatic carbocycles. The first kappa shape index (κ1) is 23.3. The topological polar surface area (TPSA) is 77.5 Å². The van der Waals surface area contributed by atoms with Crippen molar-refractivity contribution in [3.05, 3.63) is 0 Å². The van der Waals surface area contributed by atoms with Crippen LogP contribution in [0, 0.1) is 11.3 Å². The summed E-state index contributed by atoms with van der Waals surface area (Å²) in [5.41, 5.74) is -0.883. The number of hydrogen-bond donors (Lipinski definition) is 0. The first-order valence-corrected chi connectivity index (χ1v) is 11.0. The van der Waals surface area contributed by atoms with Gasteiger partial charge in [-0.3, -0.25) is 9.69 Å². The van der Waals surface area contributed by atoms with Gasteiger partial charge in [-0.2, -0.15) is 0 Å². The number of amides is 1. The van der Waals surface area contributed by atoms with Crippen molar-refractivity contribution in [2.75, 3.05) is 41.0 Å². The molecular weight excluding hydrogens is 388 g/mol. The molecule has 3 aliphatic rings. The standard InChI is InChI=1S/C22H38N2O6/c1-8-29-17(25)16-13-21-14-24(19(26)30-20(2,3)4)12-10-15(21)9-11-22(27-6,28-7)18(21)23(16)5/h15-16,18H,8-14H2,1-7H3/t15-,16-,18-,21+/m1/s1. The average Bonchev–Trinajstić information content (AvgIpc) is 2.98. The Morgan fingerprint density at radius 2 is 1.80 bits per heavy atom. The Hall–Kier alpha value is -1.38. The predicted octanol–water partition coefficient (Wildman–Crippen LogP) is 2.65. The maximum absolute atomic E-state index is 12.9. The van der Waals surface area contributed by atoms with Crippen LogP contribution in [0.3, 0.4) is 0 Å². The van der Waals surface area contributed by atoms with E-state index >= 15 is 0 Å². The van der Waals surface area contributed by atoms with Crippen molar-refractivity contribution < 1.29 is 28.5 Å². The third-order valence-corrected chi connectivity index (χ3v) is 7.22. The first-order chi connectivity index (χ1) is 14.0. The van der Waals surface area contributed by atoms with Crippen LogP contribution in [0.5, 0.6) is 0 Å². The normalized spacial score (nSPS) is 33.6. The third-order valence-electron chi connectivity index (χ3n) is 7.22. The Bertz CT molecular complexity index is 659. The van der Waals surface area contributed by atoms with Crippen molar-refractivity contribution in [1.29, 1.82) is 0 Å². The van der Waals surface area contributed by atoms with Gasteiger partial charge in [-0.1, -0.05) is 0 Å². The fourth-order valence-electron chi connectivity index (χ4n) is 6.08. The van der Waals surface area contributed by atoms with E-state index in [4.69, 9.17) is 18.9 Å². The van der Waals surface area contributed by atoms with Crippen LogP contribution >= 0.6 is 0 Å². The number of hydrogen-bond acceptors (Lipinski definition) is 7. The summed E-state index contributed by atoms with van der Waals surface area (Å²) in [6.07, 6.45) is 2.88. The molecule has 1 saturated carbocycles. The third kappa shape index (κ3) is 3.82. The lowest BCUT2D eigenvalue weighted by Gasteiger charge is -2.58. The average molecular weight is 427 g/mol. The van der Waals surface area contributed by atoms with Gasteiger partial charge in [-0.15, -0.1) is 0 Å². The number of likely N-dealkylation sites (tertiary alicyclic amines) is 2. The lowest BCUT2D eigenvalue weighted by Crippen LogP contribution is -2.67. The van der Waals surface area contributed by atoms with Gasteiger partial charge in [0, 0.05) is 39.1 Å². The van der Waals surface area contributed by atoms with Gasteiger partial charge in [0.1, 0.15) is 11.6 Å². The summed E-state index contributed by atoms with van der Waals surface area (Å²) in [6, 6.07) is -0.558. The second-order valence-electron chi connectivity index (χ2n) is 9.92. The SMILES string of the molecule is CCOC(=O)[C@H]1C[C@]23CN(C(=O)OC(C)(C)C)CC[C@H]2CCC(OC)(OC)[C@@H]3N1C. The smallest absolute Gasteiger partial charge is 0.410 e. The Morgan fingerprint density at radius 1 is 1.13 bits per heavy atom. The minimum Gasteiger partial charge on any atom is -0.465 e. The molecule has 0 N–H and O–H groups in total. The molecule has 2 heterocycles. The molecule has 2 saturated heterocycles. The fourth-order valence-corrected chi connectivity index (χ4v) is 6.08. The van der Waals surface area contributed by atoms with Gasteiger partial charge in [0.15, 0.2) is 5.79 Å². The molecule has 1 amide bonds. The van der Waals surface area contributed by atoms with Crippen LogP contribution in [0.4, 0.5) is 4.79 Å². The Kier molecular flexibility index (Phi) is 6.43. The monoisotopic (exact) mass is 426 g/mol. The molecule has 2 aliphatic heterocycles. The van der Waals surface area contributed by atoms with Crippen LogP contribution in [0.2, 0.25) is 0 Å². The highest BCUT2D eigenvalue weighted by Gasteiger charge is 2.68.